The van der Waals surface area contributed by atoms with Crippen molar-refractivity contribution in [2.45, 2.75) is 38.5 Å². The molecule has 0 bridgehead atoms. The Bertz CT molecular complexity index is 639. The van der Waals surface area contributed by atoms with Gasteiger partial charge in [0, 0.05) is 25.4 Å². The van der Waals surface area contributed by atoms with E-state index < -0.39 is 9.84 Å². The van der Waals surface area contributed by atoms with Crippen molar-refractivity contribution in [2.24, 2.45) is 5.92 Å². The third-order valence-corrected chi connectivity index (χ3v) is 4.54. The van der Waals surface area contributed by atoms with E-state index in [2.05, 4.69) is 29.0 Å². The molecular weight excluding hydrogens is 318 g/mol. The van der Waals surface area contributed by atoms with Gasteiger partial charge in [0.15, 0.2) is 15.5 Å². The summed E-state index contributed by atoms with van der Waals surface area (Å²) in [6, 6.07) is 0.351. The van der Waals surface area contributed by atoms with Gasteiger partial charge in [-0.15, -0.1) is 0 Å². The highest BCUT2D eigenvalue weighted by Gasteiger charge is 2.25. The second-order valence-electron chi connectivity index (χ2n) is 6.59. The molecule has 0 aromatic carbocycles. The first-order chi connectivity index (χ1) is 10.7. The normalized spacial score (nSPS) is 19.4. The quantitative estimate of drug-likeness (QED) is 0.796. The Morgan fingerprint density at radius 2 is 2.26 bits per heavy atom. The highest BCUT2D eigenvalue weighted by Crippen LogP contribution is 2.18. The van der Waals surface area contributed by atoms with Crippen molar-refractivity contribution in [3.05, 3.63) is 17.8 Å². The van der Waals surface area contributed by atoms with Crippen LogP contribution < -0.4 is 5.32 Å². The van der Waals surface area contributed by atoms with Gasteiger partial charge in [0.05, 0.1) is 0 Å². The second-order valence-corrected chi connectivity index (χ2v) is 8.73. The van der Waals surface area contributed by atoms with Crippen LogP contribution in [0.4, 0.5) is 0 Å². The van der Waals surface area contributed by atoms with Gasteiger partial charge in [0.25, 0.3) is 5.91 Å². The molecule has 2 heterocycles. The van der Waals surface area contributed by atoms with Crippen molar-refractivity contribution >= 4 is 15.7 Å². The fourth-order valence-corrected chi connectivity index (χ4v) is 3.42. The Labute approximate surface area is 137 Å². The van der Waals surface area contributed by atoms with Crippen molar-refractivity contribution in [1.29, 1.82) is 0 Å². The van der Waals surface area contributed by atoms with Gasteiger partial charge in [0.2, 0.25) is 5.89 Å². The Morgan fingerprint density at radius 3 is 2.91 bits per heavy atom. The summed E-state index contributed by atoms with van der Waals surface area (Å²) < 4.78 is 27.4. The van der Waals surface area contributed by atoms with E-state index >= 15 is 0 Å². The maximum Gasteiger partial charge on any atom is 0.273 e. The van der Waals surface area contributed by atoms with Crippen LogP contribution in [-0.2, 0) is 15.6 Å². The molecule has 1 amide bonds. The molecule has 2 rings (SSSR count). The van der Waals surface area contributed by atoms with E-state index in [0.29, 0.717) is 18.5 Å². The van der Waals surface area contributed by atoms with E-state index in [0.717, 1.165) is 32.2 Å². The zero-order valence-electron chi connectivity index (χ0n) is 13.9. The second kappa shape index (κ2) is 7.44. The number of hydrogen-bond donors (Lipinski definition) is 1. The Kier molecular flexibility index (Phi) is 5.80. The first-order valence-electron chi connectivity index (χ1n) is 7.89. The minimum atomic E-state index is -3.23. The van der Waals surface area contributed by atoms with Crippen molar-refractivity contribution in [3.8, 4) is 0 Å². The number of nitrogens with one attached hydrogen (secondary N) is 1. The summed E-state index contributed by atoms with van der Waals surface area (Å²) in [5.41, 5.74) is 0.122. The maximum absolute atomic E-state index is 12.1. The Balaban J connectivity index is 1.87. The van der Waals surface area contributed by atoms with E-state index in [-0.39, 0.29) is 23.2 Å². The van der Waals surface area contributed by atoms with Crippen molar-refractivity contribution < 1.29 is 17.6 Å². The molecule has 23 heavy (non-hydrogen) atoms. The lowest BCUT2D eigenvalue weighted by Crippen LogP contribution is -2.41. The van der Waals surface area contributed by atoms with Crippen LogP contribution >= 0.6 is 0 Å². The molecule has 1 aromatic rings. The number of carbonyl (C=O) groups excluding carboxylic acids is 1. The average molecular weight is 343 g/mol. The van der Waals surface area contributed by atoms with E-state index in [4.69, 9.17) is 4.42 Å². The summed E-state index contributed by atoms with van der Waals surface area (Å²) in [4.78, 5) is 18.4. The summed E-state index contributed by atoms with van der Waals surface area (Å²) in [5.74, 6) is 0.00988. The number of oxazole rings is 1. The molecular formula is C15H25N3O4S. The molecule has 1 N–H and O–H groups in total. The monoisotopic (exact) mass is 343 g/mol. The smallest absolute Gasteiger partial charge is 0.273 e. The maximum atomic E-state index is 12.1. The van der Waals surface area contributed by atoms with E-state index in [1.807, 2.05) is 0 Å². The molecule has 0 aliphatic carbocycles. The molecule has 1 aromatic heterocycles. The number of sulfone groups is 1. The zero-order chi connectivity index (χ0) is 17.0. The summed E-state index contributed by atoms with van der Waals surface area (Å²) in [5, 5.41) is 2.87. The van der Waals surface area contributed by atoms with Crippen LogP contribution in [0.25, 0.3) is 0 Å². The number of aromatic nitrogens is 1. The van der Waals surface area contributed by atoms with E-state index in [1.54, 1.807) is 0 Å². The molecule has 1 aliphatic rings. The van der Waals surface area contributed by atoms with Gasteiger partial charge in [-0.1, -0.05) is 13.8 Å². The number of likely N-dealkylation sites (tertiary alicyclic amines) is 1. The van der Waals surface area contributed by atoms with Gasteiger partial charge in [-0.2, -0.15) is 0 Å². The predicted octanol–water partition coefficient (Wildman–Crippen LogP) is 1.07. The fourth-order valence-electron chi connectivity index (χ4n) is 2.84. The minimum Gasteiger partial charge on any atom is -0.447 e. The lowest BCUT2D eigenvalue weighted by molar-refractivity contribution is 0.0934. The van der Waals surface area contributed by atoms with Gasteiger partial charge in [-0.25, -0.2) is 13.4 Å². The summed E-state index contributed by atoms with van der Waals surface area (Å²) >= 11 is 0. The van der Waals surface area contributed by atoms with Crippen LogP contribution in [0.3, 0.4) is 0 Å². The van der Waals surface area contributed by atoms with Gasteiger partial charge in [-0.05, 0) is 25.3 Å². The van der Waals surface area contributed by atoms with Gasteiger partial charge < -0.3 is 9.73 Å². The Hall–Kier alpha value is -1.41. The molecule has 8 heteroatoms. The van der Waals surface area contributed by atoms with Gasteiger partial charge in [0.1, 0.15) is 12.0 Å². The molecule has 1 fully saturated rings. The molecule has 0 radical (unpaired) electrons. The van der Waals surface area contributed by atoms with E-state index in [1.165, 1.54) is 6.26 Å². The topological polar surface area (TPSA) is 92.5 Å². The number of amides is 1. The van der Waals surface area contributed by atoms with Crippen LogP contribution in [0.15, 0.2) is 10.7 Å². The molecule has 0 saturated carbocycles. The van der Waals surface area contributed by atoms with Crippen LogP contribution in [-0.4, -0.2) is 56.1 Å². The van der Waals surface area contributed by atoms with Gasteiger partial charge in [-0.3, -0.25) is 9.69 Å². The highest BCUT2D eigenvalue weighted by atomic mass is 32.2. The summed E-state index contributed by atoms with van der Waals surface area (Å²) in [6.45, 7) is 7.04. The standard InChI is InChI=1S/C15H25N3O4S/c1-11(2)8-18-6-4-5-12(18)7-16-15(19)13-9-22-14(17-13)10-23(3,20)21/h9,11-12H,4-8,10H2,1-3H3,(H,16,19)/t12-/m1/s1. The van der Waals surface area contributed by atoms with Crippen LogP contribution in [0.5, 0.6) is 0 Å². The largest absolute Gasteiger partial charge is 0.447 e. The first-order valence-corrected chi connectivity index (χ1v) is 9.95. The molecule has 0 unspecified atom stereocenters. The fraction of sp³-hybridized carbons (Fsp3) is 0.733. The number of nitrogens with zero attached hydrogens (tertiary/aromatic N) is 2. The molecule has 1 saturated heterocycles. The predicted molar refractivity (Wildman–Crippen MR) is 86.8 cm³/mol. The third kappa shape index (κ3) is 5.62. The lowest BCUT2D eigenvalue weighted by atomic mass is 10.1. The summed E-state index contributed by atoms with van der Waals surface area (Å²) in [7, 11) is -3.23. The molecule has 1 aliphatic heterocycles. The lowest BCUT2D eigenvalue weighted by Gasteiger charge is -2.26. The van der Waals surface area contributed by atoms with Crippen LogP contribution in [0, 0.1) is 5.92 Å². The highest BCUT2D eigenvalue weighted by molar-refractivity contribution is 7.89. The first kappa shape index (κ1) is 17.9. The number of carbonyl (C=O) groups is 1. The minimum absolute atomic E-state index is 0.0416. The van der Waals surface area contributed by atoms with E-state index in [9.17, 15) is 13.2 Å². The van der Waals surface area contributed by atoms with Crippen molar-refractivity contribution in [1.82, 2.24) is 15.2 Å². The molecule has 130 valence electrons. The van der Waals surface area contributed by atoms with Gasteiger partial charge >= 0.3 is 0 Å². The average Bonchev–Trinajstić information content (AvgIpc) is 3.03. The Morgan fingerprint density at radius 1 is 1.52 bits per heavy atom. The molecule has 7 nitrogen and oxygen atoms in total. The summed E-state index contributed by atoms with van der Waals surface area (Å²) in [6.07, 6.45) is 4.53. The SMILES string of the molecule is CC(C)CN1CCC[C@@H]1CNC(=O)c1coc(CS(C)(=O)=O)n1. The number of rotatable bonds is 7. The zero-order valence-corrected chi connectivity index (χ0v) is 14.7. The van der Waals surface area contributed by atoms with Crippen LogP contribution in [0.1, 0.15) is 43.1 Å². The number of hydrogen-bond acceptors (Lipinski definition) is 6. The van der Waals surface area contributed by atoms with Crippen molar-refractivity contribution in [3.63, 3.8) is 0 Å². The van der Waals surface area contributed by atoms with Crippen molar-refractivity contribution in [2.75, 3.05) is 25.9 Å². The third-order valence-electron chi connectivity index (χ3n) is 3.77. The van der Waals surface area contributed by atoms with Crippen LogP contribution in [0.2, 0.25) is 0 Å². The molecule has 0 spiro atoms. The molecule has 1 atom stereocenters.